The molecule has 1 N–H and O–H groups in total. The lowest BCUT2D eigenvalue weighted by molar-refractivity contribution is -0.113. The van der Waals surface area contributed by atoms with Crippen molar-refractivity contribution < 1.29 is 19.1 Å². The summed E-state index contributed by atoms with van der Waals surface area (Å²) in [5.74, 6) is 0.628. The first-order chi connectivity index (χ1) is 17.9. The molecular formula is C26H23ClN4O4S2. The van der Waals surface area contributed by atoms with Crippen LogP contribution in [0.1, 0.15) is 10.4 Å². The van der Waals surface area contributed by atoms with Crippen LogP contribution in [0.5, 0.6) is 5.75 Å². The van der Waals surface area contributed by atoms with E-state index in [0.717, 1.165) is 16.9 Å². The Bertz CT molecular complexity index is 1420. The fraction of sp³-hybridized carbons (Fsp3) is 0.154. The first-order valence-electron chi connectivity index (χ1n) is 11.0. The maximum absolute atomic E-state index is 12.9. The average molecular weight is 555 g/mol. The number of rotatable bonds is 10. The molecule has 190 valence electrons. The van der Waals surface area contributed by atoms with Gasteiger partial charge in [0.25, 0.3) is 0 Å². The van der Waals surface area contributed by atoms with Gasteiger partial charge in [0.2, 0.25) is 5.91 Å². The minimum atomic E-state index is -0.538. The van der Waals surface area contributed by atoms with Crippen molar-refractivity contribution in [3.63, 3.8) is 0 Å². The largest absolute Gasteiger partial charge is 0.497 e. The van der Waals surface area contributed by atoms with E-state index in [9.17, 15) is 9.59 Å². The van der Waals surface area contributed by atoms with Gasteiger partial charge in [-0.3, -0.25) is 9.36 Å². The van der Waals surface area contributed by atoms with Crippen molar-refractivity contribution >= 4 is 51.6 Å². The van der Waals surface area contributed by atoms with Gasteiger partial charge in [-0.25, -0.2) is 4.79 Å². The first kappa shape index (κ1) is 26.5. The van der Waals surface area contributed by atoms with Crippen LogP contribution in [0.2, 0.25) is 5.02 Å². The molecule has 1 amide bonds. The molecule has 0 bridgehead atoms. The number of allylic oxidation sites excluding steroid dienone is 1. The maximum Gasteiger partial charge on any atom is 0.341 e. The summed E-state index contributed by atoms with van der Waals surface area (Å²) in [5.41, 5.74) is 2.61. The molecule has 0 fully saturated rings. The number of hydrogen-bond acceptors (Lipinski definition) is 8. The van der Waals surface area contributed by atoms with Gasteiger partial charge in [-0.15, -0.1) is 28.1 Å². The van der Waals surface area contributed by atoms with Gasteiger partial charge < -0.3 is 14.8 Å². The normalized spacial score (nSPS) is 10.7. The van der Waals surface area contributed by atoms with Crippen molar-refractivity contribution in [3.8, 4) is 28.3 Å². The number of amides is 1. The van der Waals surface area contributed by atoms with Crippen molar-refractivity contribution in [2.24, 2.45) is 0 Å². The number of carbonyl (C=O) groups excluding carboxylic acids is 2. The Balaban J connectivity index is 1.51. The van der Waals surface area contributed by atoms with Gasteiger partial charge in [0.05, 0.1) is 20.0 Å². The topological polar surface area (TPSA) is 95.3 Å². The van der Waals surface area contributed by atoms with E-state index in [2.05, 4.69) is 22.1 Å². The zero-order valence-corrected chi connectivity index (χ0v) is 22.5. The van der Waals surface area contributed by atoms with Crippen molar-refractivity contribution in [2.75, 3.05) is 25.3 Å². The highest BCUT2D eigenvalue weighted by Gasteiger charge is 2.23. The Morgan fingerprint density at radius 2 is 1.81 bits per heavy atom. The molecule has 0 unspecified atom stereocenters. The van der Waals surface area contributed by atoms with E-state index >= 15 is 0 Å². The Kier molecular flexibility index (Phi) is 8.65. The highest BCUT2D eigenvalue weighted by molar-refractivity contribution is 7.99. The smallest absolute Gasteiger partial charge is 0.341 e. The van der Waals surface area contributed by atoms with Crippen LogP contribution in [0.4, 0.5) is 5.00 Å². The summed E-state index contributed by atoms with van der Waals surface area (Å²) >= 11 is 8.49. The van der Waals surface area contributed by atoms with Crippen LogP contribution in [0.15, 0.2) is 71.7 Å². The number of esters is 1. The molecule has 37 heavy (non-hydrogen) atoms. The molecule has 0 radical (unpaired) electrons. The molecule has 0 atom stereocenters. The van der Waals surface area contributed by atoms with Crippen molar-refractivity contribution in [1.29, 1.82) is 0 Å². The number of anilines is 1. The zero-order chi connectivity index (χ0) is 26.4. The van der Waals surface area contributed by atoms with E-state index in [1.54, 1.807) is 30.7 Å². The molecule has 0 spiro atoms. The van der Waals surface area contributed by atoms with Crippen LogP contribution in [-0.4, -0.2) is 46.6 Å². The SMILES string of the molecule is C=CCn1c(SCC(=O)Nc2scc(-c3ccc(Cl)cc3)c2C(=O)OC)nnc1-c1ccc(OC)cc1. The third-order valence-corrected chi connectivity index (χ3v) is 7.41. The van der Waals surface area contributed by atoms with Crippen LogP contribution in [0, 0.1) is 0 Å². The molecule has 0 aliphatic heterocycles. The number of thioether (sulfide) groups is 1. The van der Waals surface area contributed by atoms with Gasteiger partial charge in [0.1, 0.15) is 16.3 Å². The molecule has 2 aromatic carbocycles. The van der Waals surface area contributed by atoms with Gasteiger partial charge >= 0.3 is 5.97 Å². The van der Waals surface area contributed by atoms with Crippen LogP contribution in [-0.2, 0) is 16.1 Å². The second-order valence-electron chi connectivity index (χ2n) is 7.62. The summed E-state index contributed by atoms with van der Waals surface area (Å²) in [6.07, 6.45) is 1.74. The second kappa shape index (κ2) is 12.1. The van der Waals surface area contributed by atoms with Crippen molar-refractivity contribution in [2.45, 2.75) is 11.7 Å². The molecule has 11 heteroatoms. The molecular weight excluding hydrogens is 532 g/mol. The van der Waals surface area contributed by atoms with Crippen LogP contribution >= 0.6 is 34.7 Å². The van der Waals surface area contributed by atoms with E-state index in [0.29, 0.717) is 38.7 Å². The van der Waals surface area contributed by atoms with Gasteiger partial charge in [0, 0.05) is 28.1 Å². The van der Waals surface area contributed by atoms with Crippen LogP contribution in [0.3, 0.4) is 0 Å². The summed E-state index contributed by atoms with van der Waals surface area (Å²) in [7, 11) is 2.91. The number of nitrogens with one attached hydrogen (secondary N) is 1. The van der Waals surface area contributed by atoms with Gasteiger partial charge in [-0.1, -0.05) is 41.6 Å². The molecule has 4 aromatic rings. The van der Waals surface area contributed by atoms with E-state index in [1.165, 1.54) is 30.2 Å². The predicted octanol–water partition coefficient (Wildman–Crippen LogP) is 6.04. The van der Waals surface area contributed by atoms with E-state index < -0.39 is 5.97 Å². The third kappa shape index (κ3) is 6.04. The zero-order valence-electron chi connectivity index (χ0n) is 20.1. The standard InChI is InChI=1S/C26H23ClN4O4S2/c1-4-13-31-23(17-7-11-19(34-2)12-8-17)29-30-26(31)37-15-21(32)28-24-22(25(33)35-3)20(14-36-24)16-5-9-18(27)10-6-16/h4-12,14H,1,13,15H2,2-3H3,(H,28,32). The number of hydrogen-bond donors (Lipinski definition) is 1. The van der Waals surface area contributed by atoms with Crippen molar-refractivity contribution in [3.05, 3.63) is 77.2 Å². The quantitative estimate of drug-likeness (QED) is 0.145. The minimum Gasteiger partial charge on any atom is -0.497 e. The maximum atomic E-state index is 12.9. The number of methoxy groups -OCH3 is 2. The number of thiophene rings is 1. The Hall–Kier alpha value is -3.60. The minimum absolute atomic E-state index is 0.0622. The van der Waals surface area contributed by atoms with Crippen molar-refractivity contribution in [1.82, 2.24) is 14.8 Å². The summed E-state index contributed by atoms with van der Waals surface area (Å²) in [6.45, 7) is 4.29. The van der Waals surface area contributed by atoms with Crippen LogP contribution < -0.4 is 10.1 Å². The molecule has 0 saturated heterocycles. The molecule has 0 aliphatic rings. The fourth-order valence-corrected chi connectivity index (χ4v) is 5.38. The molecule has 0 saturated carbocycles. The van der Waals surface area contributed by atoms with E-state index in [-0.39, 0.29) is 11.7 Å². The highest BCUT2D eigenvalue weighted by atomic mass is 35.5. The Labute approximate surface area is 227 Å². The number of nitrogens with zero attached hydrogens (tertiary/aromatic N) is 3. The average Bonchev–Trinajstić information content (AvgIpc) is 3.52. The lowest BCUT2D eigenvalue weighted by atomic mass is 10.0. The van der Waals surface area contributed by atoms with Crippen LogP contribution in [0.25, 0.3) is 22.5 Å². The number of aromatic nitrogens is 3. The monoisotopic (exact) mass is 554 g/mol. The summed E-state index contributed by atoms with van der Waals surface area (Å²) in [4.78, 5) is 25.4. The van der Waals surface area contributed by atoms with Gasteiger partial charge in [-0.2, -0.15) is 0 Å². The lowest BCUT2D eigenvalue weighted by Crippen LogP contribution is -2.16. The number of carbonyl (C=O) groups is 2. The van der Waals surface area contributed by atoms with Gasteiger partial charge in [-0.05, 0) is 42.0 Å². The molecule has 4 rings (SSSR count). The summed E-state index contributed by atoms with van der Waals surface area (Å²) in [5, 5.41) is 14.8. The Morgan fingerprint density at radius 1 is 1.11 bits per heavy atom. The predicted molar refractivity (Wildman–Crippen MR) is 148 cm³/mol. The first-order valence-corrected chi connectivity index (χ1v) is 13.3. The second-order valence-corrected chi connectivity index (χ2v) is 9.88. The highest BCUT2D eigenvalue weighted by Crippen LogP contribution is 2.37. The van der Waals surface area contributed by atoms with E-state index in [1.807, 2.05) is 41.0 Å². The fourth-order valence-electron chi connectivity index (χ4n) is 3.53. The van der Waals surface area contributed by atoms with E-state index in [4.69, 9.17) is 21.1 Å². The number of ether oxygens (including phenoxy) is 2. The third-order valence-electron chi connectivity index (χ3n) is 5.30. The Morgan fingerprint density at radius 3 is 2.46 bits per heavy atom. The molecule has 8 nitrogen and oxygen atoms in total. The summed E-state index contributed by atoms with van der Waals surface area (Å²) < 4.78 is 12.1. The van der Waals surface area contributed by atoms with Gasteiger partial charge in [0.15, 0.2) is 11.0 Å². The molecule has 2 aromatic heterocycles. The summed E-state index contributed by atoms with van der Waals surface area (Å²) in [6, 6.07) is 14.6. The number of halogens is 1. The number of benzene rings is 2. The molecule has 0 aliphatic carbocycles. The lowest BCUT2D eigenvalue weighted by Gasteiger charge is -2.09. The molecule has 2 heterocycles.